The maximum absolute atomic E-state index is 14.6. The monoisotopic (exact) mass is 424 g/mol. The van der Waals surface area contributed by atoms with Crippen LogP contribution >= 0.6 is 22.9 Å². The molecule has 0 aliphatic heterocycles. The standard InChI is InChI=1S/C18H14ClFN2O3S2/c19-13-8-16(27(23,24)22-17-10-26-11-21-17)14(20)9-15(13)25-18(6-7-18)12-4-2-1-3-5-12/h1-5,8-11,22H,6-7H2. The van der Waals surface area contributed by atoms with Crippen molar-refractivity contribution < 1.29 is 17.5 Å². The van der Waals surface area contributed by atoms with Gasteiger partial charge in [-0.05, 0) is 24.5 Å². The van der Waals surface area contributed by atoms with Crippen molar-refractivity contribution >= 4 is 38.8 Å². The number of ether oxygens (including phenoxy) is 1. The van der Waals surface area contributed by atoms with Crippen molar-refractivity contribution in [1.82, 2.24) is 4.98 Å². The van der Waals surface area contributed by atoms with Gasteiger partial charge in [-0.15, -0.1) is 11.3 Å². The lowest BCUT2D eigenvalue weighted by atomic mass is 10.1. The third-order valence-electron chi connectivity index (χ3n) is 4.26. The highest BCUT2D eigenvalue weighted by Crippen LogP contribution is 2.50. The fraction of sp³-hybridized carbons (Fsp3) is 0.167. The van der Waals surface area contributed by atoms with Crippen LogP contribution in [-0.2, 0) is 15.6 Å². The molecular weight excluding hydrogens is 411 g/mol. The van der Waals surface area contributed by atoms with E-state index in [2.05, 4.69) is 9.71 Å². The van der Waals surface area contributed by atoms with Gasteiger partial charge in [-0.2, -0.15) is 0 Å². The molecule has 140 valence electrons. The second-order valence-corrected chi connectivity index (χ2v) is 8.93. The molecule has 27 heavy (non-hydrogen) atoms. The number of rotatable bonds is 6. The van der Waals surface area contributed by atoms with Gasteiger partial charge in [0.05, 0.1) is 10.5 Å². The molecule has 0 bridgehead atoms. The first kappa shape index (κ1) is 18.2. The lowest BCUT2D eigenvalue weighted by Crippen LogP contribution is -2.17. The van der Waals surface area contributed by atoms with Gasteiger partial charge in [0, 0.05) is 11.4 Å². The molecule has 1 saturated carbocycles. The van der Waals surface area contributed by atoms with Crippen molar-refractivity contribution in [2.45, 2.75) is 23.3 Å². The van der Waals surface area contributed by atoms with Gasteiger partial charge in [0.15, 0.2) is 5.82 Å². The summed E-state index contributed by atoms with van der Waals surface area (Å²) in [6.07, 6.45) is 1.56. The fourth-order valence-electron chi connectivity index (χ4n) is 2.77. The summed E-state index contributed by atoms with van der Waals surface area (Å²) in [7, 11) is -4.15. The molecule has 1 fully saturated rings. The first-order valence-electron chi connectivity index (χ1n) is 8.04. The van der Waals surface area contributed by atoms with E-state index in [-0.39, 0.29) is 16.6 Å². The average molecular weight is 425 g/mol. The molecule has 0 atom stereocenters. The van der Waals surface area contributed by atoms with Crippen LogP contribution in [0.3, 0.4) is 0 Å². The molecule has 1 aliphatic carbocycles. The average Bonchev–Trinajstić information content (AvgIpc) is 3.25. The SMILES string of the molecule is O=S(=O)(Nc1cscn1)c1cc(Cl)c(OC2(c3ccccc3)CC2)cc1F. The van der Waals surface area contributed by atoms with Crippen LogP contribution in [0.4, 0.5) is 10.2 Å². The first-order chi connectivity index (χ1) is 12.9. The molecule has 0 amide bonds. The minimum atomic E-state index is -4.15. The molecule has 1 heterocycles. The predicted octanol–water partition coefficient (Wildman–Crippen LogP) is 4.80. The molecule has 0 unspecified atom stereocenters. The van der Waals surface area contributed by atoms with E-state index >= 15 is 0 Å². The Morgan fingerprint density at radius 2 is 1.96 bits per heavy atom. The number of sulfonamides is 1. The maximum atomic E-state index is 14.6. The molecule has 0 radical (unpaired) electrons. The number of aromatic nitrogens is 1. The number of benzene rings is 2. The molecule has 3 aromatic rings. The number of hydrogen-bond donors (Lipinski definition) is 1. The maximum Gasteiger partial charge on any atom is 0.266 e. The second kappa shape index (κ2) is 6.78. The van der Waals surface area contributed by atoms with E-state index < -0.39 is 26.3 Å². The molecule has 0 saturated heterocycles. The highest BCUT2D eigenvalue weighted by molar-refractivity contribution is 7.92. The molecule has 1 aliphatic rings. The lowest BCUT2D eigenvalue weighted by Gasteiger charge is -2.20. The predicted molar refractivity (Wildman–Crippen MR) is 102 cm³/mol. The number of nitrogens with zero attached hydrogens (tertiary/aromatic N) is 1. The number of anilines is 1. The van der Waals surface area contributed by atoms with E-state index in [1.54, 1.807) is 0 Å². The largest absolute Gasteiger partial charge is 0.481 e. The molecule has 1 aromatic heterocycles. The molecule has 5 nitrogen and oxygen atoms in total. The summed E-state index contributed by atoms with van der Waals surface area (Å²) in [5, 5.41) is 1.53. The number of halogens is 2. The smallest absolute Gasteiger partial charge is 0.266 e. The van der Waals surface area contributed by atoms with Crippen molar-refractivity contribution in [2.24, 2.45) is 0 Å². The zero-order valence-corrected chi connectivity index (χ0v) is 16.2. The van der Waals surface area contributed by atoms with Gasteiger partial charge in [0.1, 0.15) is 22.1 Å². The summed E-state index contributed by atoms with van der Waals surface area (Å²) in [5.41, 5.74) is 1.90. The Balaban J connectivity index is 1.63. The van der Waals surface area contributed by atoms with E-state index in [9.17, 15) is 12.8 Å². The molecule has 0 spiro atoms. The summed E-state index contributed by atoms with van der Waals surface area (Å²) < 4.78 is 47.6. The van der Waals surface area contributed by atoms with Gasteiger partial charge in [0.2, 0.25) is 0 Å². The highest BCUT2D eigenvalue weighted by atomic mass is 35.5. The topological polar surface area (TPSA) is 68.3 Å². The Labute approximate surface area is 164 Å². The quantitative estimate of drug-likeness (QED) is 0.616. The van der Waals surface area contributed by atoms with Crippen molar-refractivity contribution in [1.29, 1.82) is 0 Å². The van der Waals surface area contributed by atoms with Gasteiger partial charge < -0.3 is 4.74 Å². The summed E-state index contributed by atoms with van der Waals surface area (Å²) in [6.45, 7) is 0. The van der Waals surface area contributed by atoms with Gasteiger partial charge in [0.25, 0.3) is 10.0 Å². The molecule has 4 rings (SSSR count). The molecule has 9 heteroatoms. The Morgan fingerprint density at radius 1 is 1.22 bits per heavy atom. The van der Waals surface area contributed by atoms with Crippen molar-refractivity contribution in [3.8, 4) is 5.75 Å². The van der Waals surface area contributed by atoms with Crippen LogP contribution in [0.2, 0.25) is 5.02 Å². The Kier molecular flexibility index (Phi) is 4.57. The summed E-state index contributed by atoms with van der Waals surface area (Å²) in [4.78, 5) is 3.28. The van der Waals surface area contributed by atoms with Crippen LogP contribution < -0.4 is 9.46 Å². The highest BCUT2D eigenvalue weighted by Gasteiger charge is 2.47. The van der Waals surface area contributed by atoms with Crippen LogP contribution in [0, 0.1) is 5.82 Å². The minimum absolute atomic E-state index is 0.0252. The van der Waals surface area contributed by atoms with Crippen LogP contribution in [0.15, 0.2) is 58.3 Å². The van der Waals surface area contributed by atoms with E-state index in [4.69, 9.17) is 16.3 Å². The zero-order valence-electron chi connectivity index (χ0n) is 13.9. The van der Waals surface area contributed by atoms with Crippen molar-refractivity contribution in [3.05, 3.63) is 69.8 Å². The third kappa shape index (κ3) is 3.65. The van der Waals surface area contributed by atoms with Crippen molar-refractivity contribution in [3.63, 3.8) is 0 Å². The van der Waals surface area contributed by atoms with Crippen LogP contribution in [0.25, 0.3) is 0 Å². The zero-order chi connectivity index (χ0) is 19.1. The minimum Gasteiger partial charge on any atom is -0.481 e. The van der Waals surface area contributed by atoms with Gasteiger partial charge in [-0.3, -0.25) is 4.72 Å². The normalized spacial score (nSPS) is 15.3. The van der Waals surface area contributed by atoms with Gasteiger partial charge in [-0.25, -0.2) is 17.8 Å². The van der Waals surface area contributed by atoms with Crippen LogP contribution in [-0.4, -0.2) is 13.4 Å². The fourth-order valence-corrected chi connectivity index (χ4v) is 4.68. The Morgan fingerprint density at radius 3 is 2.59 bits per heavy atom. The lowest BCUT2D eigenvalue weighted by molar-refractivity contribution is 0.180. The number of nitrogens with one attached hydrogen (secondary N) is 1. The summed E-state index contributed by atoms with van der Waals surface area (Å²) >= 11 is 7.43. The molecule has 1 N–H and O–H groups in total. The number of thiazole rings is 1. The van der Waals surface area contributed by atoms with E-state index in [1.807, 2.05) is 30.3 Å². The van der Waals surface area contributed by atoms with Gasteiger partial charge >= 0.3 is 0 Å². The van der Waals surface area contributed by atoms with Crippen LogP contribution in [0.5, 0.6) is 5.75 Å². The second-order valence-electron chi connectivity index (χ2n) is 6.15. The Bertz CT molecular complexity index is 1070. The van der Waals surface area contributed by atoms with Crippen molar-refractivity contribution in [2.75, 3.05) is 4.72 Å². The molecular formula is C18H14ClFN2O3S2. The number of hydrogen-bond acceptors (Lipinski definition) is 5. The van der Waals surface area contributed by atoms with E-state index in [0.717, 1.165) is 30.5 Å². The van der Waals surface area contributed by atoms with Crippen LogP contribution in [0.1, 0.15) is 18.4 Å². The molecule has 2 aromatic carbocycles. The summed E-state index contributed by atoms with van der Waals surface area (Å²) in [6, 6.07) is 11.7. The Hall–Kier alpha value is -2.16. The summed E-state index contributed by atoms with van der Waals surface area (Å²) in [5.74, 6) is -0.707. The van der Waals surface area contributed by atoms with E-state index in [1.165, 1.54) is 22.2 Å². The third-order valence-corrected chi connectivity index (χ3v) is 6.51. The van der Waals surface area contributed by atoms with Gasteiger partial charge in [-0.1, -0.05) is 41.9 Å². The van der Waals surface area contributed by atoms with E-state index in [0.29, 0.717) is 0 Å². The first-order valence-corrected chi connectivity index (χ1v) is 10.8.